The molecule has 5 nitrogen and oxygen atoms in total. The number of rotatable bonds is 3. The molecule has 110 valence electrons. The Balaban J connectivity index is 1.59. The van der Waals surface area contributed by atoms with Crippen LogP contribution in [0.25, 0.3) is 0 Å². The molecule has 2 N–H and O–H groups in total. The first-order valence-corrected chi connectivity index (χ1v) is 7.71. The summed E-state index contributed by atoms with van der Waals surface area (Å²) >= 11 is 1.59. The van der Waals surface area contributed by atoms with Gasteiger partial charge in [-0.25, -0.2) is 9.78 Å². The number of hydrogen-bond acceptors (Lipinski definition) is 5. The van der Waals surface area contributed by atoms with Crippen LogP contribution in [0.4, 0.5) is 4.79 Å². The van der Waals surface area contributed by atoms with Crippen molar-refractivity contribution >= 4 is 17.4 Å². The molecule has 0 bridgehead atoms. The van der Waals surface area contributed by atoms with E-state index in [1.54, 1.807) is 16.2 Å². The molecule has 0 spiro atoms. The number of nitrogens with zero attached hydrogens (tertiary/aromatic N) is 2. The molecule has 3 rings (SSSR count). The van der Waals surface area contributed by atoms with Crippen molar-refractivity contribution < 1.29 is 9.53 Å². The average molecular weight is 303 g/mol. The van der Waals surface area contributed by atoms with Gasteiger partial charge in [-0.15, -0.1) is 11.3 Å². The van der Waals surface area contributed by atoms with Crippen LogP contribution in [0.1, 0.15) is 21.1 Å². The van der Waals surface area contributed by atoms with Gasteiger partial charge in [-0.3, -0.25) is 0 Å². The fourth-order valence-electron chi connectivity index (χ4n) is 2.30. The normalized spacial score (nSPS) is 13.9. The summed E-state index contributed by atoms with van der Waals surface area (Å²) in [7, 11) is 0. The first kappa shape index (κ1) is 14.0. The molecule has 0 atom stereocenters. The topological polar surface area (TPSA) is 68.5 Å². The van der Waals surface area contributed by atoms with Gasteiger partial charge in [-0.2, -0.15) is 0 Å². The van der Waals surface area contributed by atoms with Crippen LogP contribution in [0.3, 0.4) is 0 Å². The Labute approximate surface area is 127 Å². The van der Waals surface area contributed by atoms with Crippen molar-refractivity contribution in [3.63, 3.8) is 0 Å². The third-order valence-corrected chi connectivity index (χ3v) is 4.52. The minimum absolute atomic E-state index is 0.271. The van der Waals surface area contributed by atoms with Crippen molar-refractivity contribution in [3.05, 3.63) is 51.5 Å². The minimum atomic E-state index is -0.271. The van der Waals surface area contributed by atoms with Crippen LogP contribution in [0, 0.1) is 0 Å². The molecule has 1 aliphatic heterocycles. The van der Waals surface area contributed by atoms with Crippen LogP contribution < -0.4 is 5.73 Å². The molecule has 0 aliphatic carbocycles. The summed E-state index contributed by atoms with van der Waals surface area (Å²) in [5.74, 6) is 0. The highest BCUT2D eigenvalue weighted by molar-refractivity contribution is 7.11. The van der Waals surface area contributed by atoms with E-state index in [4.69, 9.17) is 10.5 Å². The van der Waals surface area contributed by atoms with Gasteiger partial charge in [0.2, 0.25) is 0 Å². The zero-order chi connectivity index (χ0) is 14.7. The minimum Gasteiger partial charge on any atom is -0.445 e. The van der Waals surface area contributed by atoms with E-state index in [2.05, 4.69) is 4.98 Å². The molecule has 2 aromatic rings. The molecule has 2 heterocycles. The highest BCUT2D eigenvalue weighted by Gasteiger charge is 2.24. The van der Waals surface area contributed by atoms with Gasteiger partial charge >= 0.3 is 6.09 Å². The molecule has 21 heavy (non-hydrogen) atoms. The van der Waals surface area contributed by atoms with Crippen molar-refractivity contribution in [1.82, 2.24) is 9.88 Å². The lowest BCUT2D eigenvalue weighted by Gasteiger charge is -2.25. The molecule has 0 saturated heterocycles. The number of thiazole rings is 1. The SMILES string of the molecule is NCc1nc2c(s1)CN(C(=O)OCc1ccccc1)CC2. The summed E-state index contributed by atoms with van der Waals surface area (Å²) in [5, 5.41) is 0.930. The van der Waals surface area contributed by atoms with Crippen LogP contribution in [0.5, 0.6) is 0 Å². The molecule has 0 fully saturated rings. The van der Waals surface area contributed by atoms with Gasteiger partial charge in [0.05, 0.1) is 12.2 Å². The van der Waals surface area contributed by atoms with Gasteiger partial charge in [0.25, 0.3) is 0 Å². The maximum atomic E-state index is 12.1. The van der Waals surface area contributed by atoms with E-state index in [0.717, 1.165) is 27.6 Å². The summed E-state index contributed by atoms with van der Waals surface area (Å²) in [6.07, 6.45) is 0.499. The van der Waals surface area contributed by atoms with Crippen LogP contribution in [-0.4, -0.2) is 22.5 Å². The second-order valence-corrected chi connectivity index (χ2v) is 6.06. The number of carbonyl (C=O) groups is 1. The smallest absolute Gasteiger partial charge is 0.410 e. The predicted octanol–water partition coefficient (Wildman–Crippen LogP) is 2.30. The molecule has 0 unspecified atom stereocenters. The van der Waals surface area contributed by atoms with E-state index in [1.165, 1.54) is 0 Å². The molecule has 1 aliphatic rings. The maximum absolute atomic E-state index is 12.1. The first-order chi connectivity index (χ1) is 10.3. The van der Waals surface area contributed by atoms with E-state index in [9.17, 15) is 4.79 Å². The number of aromatic nitrogens is 1. The van der Waals surface area contributed by atoms with Crippen molar-refractivity contribution in [2.75, 3.05) is 6.54 Å². The largest absolute Gasteiger partial charge is 0.445 e. The summed E-state index contributed by atoms with van der Waals surface area (Å²) in [6.45, 7) is 1.98. The second kappa shape index (κ2) is 6.24. The molecular formula is C15H17N3O2S. The van der Waals surface area contributed by atoms with Gasteiger partial charge in [0.15, 0.2) is 0 Å². The van der Waals surface area contributed by atoms with Crippen molar-refractivity contribution in [2.45, 2.75) is 26.1 Å². The average Bonchev–Trinajstić information content (AvgIpc) is 2.95. The summed E-state index contributed by atoms with van der Waals surface area (Å²) in [5.41, 5.74) is 7.68. The highest BCUT2D eigenvalue weighted by Crippen LogP contribution is 2.25. The quantitative estimate of drug-likeness (QED) is 0.944. The number of fused-ring (bicyclic) bond motifs is 1. The lowest BCUT2D eigenvalue weighted by atomic mass is 10.2. The second-order valence-electron chi connectivity index (χ2n) is 4.89. The summed E-state index contributed by atoms with van der Waals surface area (Å²) < 4.78 is 5.36. The molecule has 0 radical (unpaired) electrons. The lowest BCUT2D eigenvalue weighted by Crippen LogP contribution is -2.35. The number of hydrogen-bond donors (Lipinski definition) is 1. The molecule has 0 saturated carbocycles. The molecular weight excluding hydrogens is 286 g/mol. The number of carbonyl (C=O) groups excluding carboxylic acids is 1. The van der Waals surface area contributed by atoms with Crippen LogP contribution >= 0.6 is 11.3 Å². The summed E-state index contributed by atoms with van der Waals surface area (Å²) in [6, 6.07) is 9.69. The van der Waals surface area contributed by atoms with E-state index in [1.807, 2.05) is 30.3 Å². The highest BCUT2D eigenvalue weighted by atomic mass is 32.1. The summed E-state index contributed by atoms with van der Waals surface area (Å²) in [4.78, 5) is 19.4. The maximum Gasteiger partial charge on any atom is 0.410 e. The zero-order valence-electron chi connectivity index (χ0n) is 11.6. The molecule has 1 aromatic heterocycles. The fraction of sp³-hybridized carbons (Fsp3) is 0.333. The number of amides is 1. The standard InChI is InChI=1S/C15H17N3O2S/c16-8-14-17-12-6-7-18(9-13(12)21-14)15(19)20-10-11-4-2-1-3-5-11/h1-5H,6-10,16H2. The number of benzene rings is 1. The van der Waals surface area contributed by atoms with Crippen LogP contribution in [-0.2, 0) is 30.9 Å². The Kier molecular flexibility index (Phi) is 4.17. The van der Waals surface area contributed by atoms with Crippen LogP contribution in [0.2, 0.25) is 0 Å². The van der Waals surface area contributed by atoms with Crippen molar-refractivity contribution in [2.24, 2.45) is 5.73 Å². The third-order valence-electron chi connectivity index (χ3n) is 3.41. The van der Waals surface area contributed by atoms with Gasteiger partial charge in [-0.1, -0.05) is 30.3 Å². The van der Waals surface area contributed by atoms with Gasteiger partial charge in [0.1, 0.15) is 11.6 Å². The zero-order valence-corrected chi connectivity index (χ0v) is 12.4. The van der Waals surface area contributed by atoms with Crippen molar-refractivity contribution in [1.29, 1.82) is 0 Å². The Hall–Kier alpha value is -1.92. The van der Waals surface area contributed by atoms with E-state index < -0.39 is 0 Å². The number of ether oxygens (including phenoxy) is 1. The van der Waals surface area contributed by atoms with Gasteiger partial charge in [0, 0.05) is 24.4 Å². The van der Waals surface area contributed by atoms with Crippen molar-refractivity contribution in [3.8, 4) is 0 Å². The predicted molar refractivity (Wildman–Crippen MR) is 80.7 cm³/mol. The monoisotopic (exact) mass is 303 g/mol. The molecule has 1 amide bonds. The number of nitrogens with two attached hydrogens (primary N) is 1. The van der Waals surface area contributed by atoms with E-state index in [-0.39, 0.29) is 6.09 Å². The van der Waals surface area contributed by atoms with E-state index >= 15 is 0 Å². The Morgan fingerprint density at radius 3 is 2.95 bits per heavy atom. The molecule has 1 aromatic carbocycles. The Morgan fingerprint density at radius 1 is 1.38 bits per heavy atom. The fourth-order valence-corrected chi connectivity index (χ4v) is 3.31. The van der Waals surface area contributed by atoms with E-state index in [0.29, 0.717) is 26.2 Å². The lowest BCUT2D eigenvalue weighted by molar-refractivity contribution is 0.0921. The molecule has 6 heteroatoms. The van der Waals surface area contributed by atoms with Gasteiger partial charge in [-0.05, 0) is 5.56 Å². The Morgan fingerprint density at radius 2 is 2.19 bits per heavy atom. The third kappa shape index (κ3) is 3.22. The Bertz CT molecular complexity index is 627. The van der Waals surface area contributed by atoms with Gasteiger partial charge < -0.3 is 15.4 Å². The van der Waals surface area contributed by atoms with Crippen LogP contribution in [0.15, 0.2) is 30.3 Å². The first-order valence-electron chi connectivity index (χ1n) is 6.89.